The molecule has 0 aliphatic heterocycles. The van der Waals surface area contributed by atoms with Gasteiger partial charge in [-0.1, -0.05) is 24.6 Å². The Labute approximate surface area is 118 Å². The van der Waals surface area contributed by atoms with Gasteiger partial charge in [0.2, 0.25) is 0 Å². The van der Waals surface area contributed by atoms with Crippen molar-refractivity contribution in [3.8, 4) is 0 Å². The summed E-state index contributed by atoms with van der Waals surface area (Å²) in [4.78, 5) is 15.8. The molecule has 102 valence electrons. The zero-order valence-corrected chi connectivity index (χ0v) is 12.4. The van der Waals surface area contributed by atoms with E-state index in [9.17, 15) is 4.79 Å². The largest absolute Gasteiger partial charge is 0.496 e. The van der Waals surface area contributed by atoms with Crippen molar-refractivity contribution in [2.24, 2.45) is 0 Å². The molecule has 0 atom stereocenters. The third kappa shape index (κ3) is 3.67. The molecule has 0 aliphatic carbocycles. The lowest BCUT2D eigenvalue weighted by Gasteiger charge is -2.13. The zero-order chi connectivity index (χ0) is 14.4. The molecule has 4 heteroatoms. The Morgan fingerprint density at radius 3 is 2.63 bits per heavy atom. The number of allylic oxidation sites excluding steroid dienone is 3. The minimum atomic E-state index is -0.0158. The Hall–Kier alpha value is -1.61. The van der Waals surface area contributed by atoms with Crippen molar-refractivity contribution in [1.29, 1.82) is 0 Å². The van der Waals surface area contributed by atoms with Crippen LogP contribution in [0.15, 0.2) is 24.4 Å². The van der Waals surface area contributed by atoms with Crippen molar-refractivity contribution in [2.75, 3.05) is 7.11 Å². The number of nitrogens with zero attached hydrogens (tertiary/aromatic N) is 1. The van der Waals surface area contributed by atoms with E-state index >= 15 is 0 Å². The number of carbonyl (C=O) groups excluding carboxylic acids is 1. The molecule has 0 radical (unpaired) electrons. The molecule has 1 aromatic rings. The van der Waals surface area contributed by atoms with E-state index in [2.05, 4.69) is 4.98 Å². The summed E-state index contributed by atoms with van der Waals surface area (Å²) in [6, 6.07) is 1.69. The molecule has 1 rings (SSSR count). The molecule has 1 heterocycles. The van der Waals surface area contributed by atoms with Crippen LogP contribution in [0.2, 0.25) is 5.15 Å². The molecule has 0 aromatic carbocycles. The van der Waals surface area contributed by atoms with E-state index in [0.29, 0.717) is 16.5 Å². The Bertz CT molecular complexity index is 533. The molecule has 0 fully saturated rings. The van der Waals surface area contributed by atoms with Gasteiger partial charge < -0.3 is 4.74 Å². The van der Waals surface area contributed by atoms with Gasteiger partial charge in [-0.15, -0.1) is 0 Å². The van der Waals surface area contributed by atoms with E-state index in [4.69, 9.17) is 16.3 Å². The first-order chi connectivity index (χ1) is 9.04. The molecular formula is C15H18ClNO2. The standard InChI is InChI=1S/C15H18ClNO2/c1-5-7-14(19-4)13-9-17-15(16)8-12(13)11(6-2)10(3)18/h6-9H,5H2,1-4H3/b11-6-,14-7-. The highest BCUT2D eigenvalue weighted by molar-refractivity contribution is 6.30. The number of ketones is 1. The molecule has 0 spiro atoms. The molecule has 1 aromatic heterocycles. The molecule has 3 nitrogen and oxygen atoms in total. The van der Waals surface area contributed by atoms with Gasteiger partial charge in [0.15, 0.2) is 5.78 Å². The predicted molar refractivity (Wildman–Crippen MR) is 78.9 cm³/mol. The lowest BCUT2D eigenvalue weighted by molar-refractivity contribution is -0.111. The maximum absolute atomic E-state index is 11.7. The Morgan fingerprint density at radius 2 is 2.16 bits per heavy atom. The summed E-state index contributed by atoms with van der Waals surface area (Å²) in [7, 11) is 1.60. The summed E-state index contributed by atoms with van der Waals surface area (Å²) in [5.74, 6) is 0.681. The van der Waals surface area contributed by atoms with Crippen molar-refractivity contribution < 1.29 is 9.53 Å². The minimum absolute atomic E-state index is 0.0158. The van der Waals surface area contributed by atoms with Crippen molar-refractivity contribution in [2.45, 2.75) is 27.2 Å². The quantitative estimate of drug-likeness (QED) is 0.462. The van der Waals surface area contributed by atoms with E-state index in [0.717, 1.165) is 17.5 Å². The van der Waals surface area contributed by atoms with Crippen LogP contribution in [0.4, 0.5) is 0 Å². The van der Waals surface area contributed by atoms with Crippen molar-refractivity contribution in [1.82, 2.24) is 4.98 Å². The van der Waals surface area contributed by atoms with E-state index in [1.807, 2.05) is 19.9 Å². The molecule has 0 bridgehead atoms. The number of methoxy groups -OCH3 is 1. The van der Waals surface area contributed by atoms with Crippen LogP contribution >= 0.6 is 11.6 Å². The fourth-order valence-corrected chi connectivity index (χ4v) is 2.04. The van der Waals surface area contributed by atoms with Crippen LogP contribution in [0, 0.1) is 0 Å². The van der Waals surface area contributed by atoms with Crippen LogP contribution < -0.4 is 0 Å². The summed E-state index contributed by atoms with van der Waals surface area (Å²) in [5.41, 5.74) is 2.13. The van der Waals surface area contributed by atoms with E-state index in [1.54, 1.807) is 25.4 Å². The Kier molecular flexibility index (Phi) is 5.77. The maximum Gasteiger partial charge on any atom is 0.160 e. The van der Waals surface area contributed by atoms with Crippen LogP contribution in [0.5, 0.6) is 0 Å². The molecule has 19 heavy (non-hydrogen) atoms. The molecule has 0 aliphatic rings. The smallest absolute Gasteiger partial charge is 0.160 e. The first-order valence-corrected chi connectivity index (χ1v) is 6.50. The summed E-state index contributed by atoms with van der Waals surface area (Å²) in [5, 5.41) is 0.353. The molecule has 0 amide bonds. The molecule has 0 saturated heterocycles. The monoisotopic (exact) mass is 279 g/mol. The van der Waals surface area contributed by atoms with E-state index in [-0.39, 0.29) is 5.78 Å². The van der Waals surface area contributed by atoms with Crippen LogP contribution in [-0.2, 0) is 9.53 Å². The van der Waals surface area contributed by atoms with Gasteiger partial charge in [0.25, 0.3) is 0 Å². The lowest BCUT2D eigenvalue weighted by atomic mass is 9.97. The Balaban J connectivity index is 3.49. The molecule has 0 N–H and O–H groups in total. The van der Waals surface area contributed by atoms with E-state index in [1.165, 1.54) is 6.92 Å². The minimum Gasteiger partial charge on any atom is -0.496 e. The van der Waals surface area contributed by atoms with Crippen molar-refractivity contribution in [3.05, 3.63) is 40.7 Å². The topological polar surface area (TPSA) is 39.2 Å². The highest BCUT2D eigenvalue weighted by atomic mass is 35.5. The van der Waals surface area contributed by atoms with Gasteiger partial charge >= 0.3 is 0 Å². The lowest BCUT2D eigenvalue weighted by Crippen LogP contribution is -2.02. The highest BCUT2D eigenvalue weighted by Crippen LogP contribution is 2.28. The number of pyridine rings is 1. The normalized spacial score (nSPS) is 12.5. The fraction of sp³-hybridized carbons (Fsp3) is 0.333. The van der Waals surface area contributed by atoms with Gasteiger partial charge in [-0.3, -0.25) is 4.79 Å². The number of rotatable bonds is 5. The second kappa shape index (κ2) is 7.10. The predicted octanol–water partition coefficient (Wildman–Crippen LogP) is 4.12. The number of halogens is 1. The van der Waals surface area contributed by atoms with Crippen LogP contribution in [0.3, 0.4) is 0 Å². The summed E-state index contributed by atoms with van der Waals surface area (Å²) >= 11 is 5.94. The van der Waals surface area contributed by atoms with Gasteiger partial charge in [-0.2, -0.15) is 0 Å². The number of carbonyl (C=O) groups is 1. The second-order valence-corrected chi connectivity index (χ2v) is 4.38. The summed E-state index contributed by atoms with van der Waals surface area (Å²) in [6.45, 7) is 5.37. The first kappa shape index (κ1) is 15.4. The van der Waals surface area contributed by atoms with E-state index < -0.39 is 0 Å². The van der Waals surface area contributed by atoms with Crippen LogP contribution in [0.25, 0.3) is 11.3 Å². The van der Waals surface area contributed by atoms with Crippen LogP contribution in [-0.4, -0.2) is 17.9 Å². The Morgan fingerprint density at radius 1 is 1.47 bits per heavy atom. The average Bonchev–Trinajstić information content (AvgIpc) is 2.37. The first-order valence-electron chi connectivity index (χ1n) is 6.12. The third-order valence-electron chi connectivity index (χ3n) is 2.70. The molecule has 0 unspecified atom stereocenters. The van der Waals surface area contributed by atoms with Gasteiger partial charge in [0.05, 0.1) is 7.11 Å². The number of hydrogen-bond acceptors (Lipinski definition) is 3. The SMILES string of the molecule is C/C=C(/C(C)=O)c1cc(Cl)ncc1/C(=C/CC)OC. The van der Waals surface area contributed by atoms with Gasteiger partial charge in [-0.05, 0) is 32.4 Å². The van der Waals surface area contributed by atoms with Gasteiger partial charge in [-0.25, -0.2) is 4.98 Å². The number of hydrogen-bond donors (Lipinski definition) is 0. The second-order valence-electron chi connectivity index (χ2n) is 3.99. The number of Topliss-reactive ketones (excluding diaryl/α,β-unsaturated/α-hetero) is 1. The molecular weight excluding hydrogens is 262 g/mol. The molecule has 0 saturated carbocycles. The number of ether oxygens (including phenoxy) is 1. The highest BCUT2D eigenvalue weighted by Gasteiger charge is 2.15. The van der Waals surface area contributed by atoms with Crippen molar-refractivity contribution in [3.63, 3.8) is 0 Å². The zero-order valence-electron chi connectivity index (χ0n) is 11.7. The van der Waals surface area contributed by atoms with Crippen LogP contribution in [0.1, 0.15) is 38.3 Å². The maximum atomic E-state index is 11.7. The van der Waals surface area contributed by atoms with Gasteiger partial charge in [0, 0.05) is 22.9 Å². The average molecular weight is 280 g/mol. The summed E-state index contributed by atoms with van der Waals surface area (Å²) in [6.07, 6.45) is 6.18. The third-order valence-corrected chi connectivity index (χ3v) is 2.91. The van der Waals surface area contributed by atoms with Crippen molar-refractivity contribution >= 4 is 28.7 Å². The van der Waals surface area contributed by atoms with Gasteiger partial charge in [0.1, 0.15) is 10.9 Å². The number of aromatic nitrogens is 1. The summed E-state index contributed by atoms with van der Waals surface area (Å²) < 4.78 is 5.37. The fourth-order valence-electron chi connectivity index (χ4n) is 1.89.